The highest BCUT2D eigenvalue weighted by Gasteiger charge is 2.04. The summed E-state index contributed by atoms with van der Waals surface area (Å²) in [6.07, 6.45) is 0. The molecule has 3 aromatic rings. The number of halogens is 1. The number of phenols is 1. The quantitative estimate of drug-likeness (QED) is 0.599. The van der Waals surface area contributed by atoms with Gasteiger partial charge in [-0.15, -0.1) is 0 Å². The summed E-state index contributed by atoms with van der Waals surface area (Å²) >= 11 is 3.57. The Labute approximate surface area is 101 Å². The highest BCUT2D eigenvalue weighted by Crippen LogP contribution is 2.33. The van der Waals surface area contributed by atoms with Crippen LogP contribution in [0.15, 0.2) is 53.0 Å². The Morgan fingerprint density at radius 1 is 0.812 bits per heavy atom. The SMILES string of the molecule is Oc1ccc2cc(Br)c3ccccc3c2c1. The zero-order chi connectivity index (χ0) is 11.1. The zero-order valence-electron chi connectivity index (χ0n) is 8.44. The number of hydrogen-bond donors (Lipinski definition) is 1. The molecule has 0 aliphatic carbocycles. The van der Waals surface area contributed by atoms with Crippen molar-refractivity contribution in [3.8, 4) is 5.75 Å². The van der Waals surface area contributed by atoms with E-state index in [1.54, 1.807) is 6.07 Å². The van der Waals surface area contributed by atoms with Crippen LogP contribution in [0, 0.1) is 0 Å². The Balaban J connectivity index is 2.61. The molecule has 0 spiro atoms. The van der Waals surface area contributed by atoms with Gasteiger partial charge in [0, 0.05) is 4.47 Å². The van der Waals surface area contributed by atoms with Crippen LogP contribution in [0.5, 0.6) is 5.75 Å². The lowest BCUT2D eigenvalue weighted by Gasteiger charge is -2.06. The number of benzene rings is 3. The van der Waals surface area contributed by atoms with Gasteiger partial charge in [-0.1, -0.05) is 46.3 Å². The van der Waals surface area contributed by atoms with Gasteiger partial charge in [0.15, 0.2) is 0 Å². The van der Waals surface area contributed by atoms with Crippen LogP contribution in [0.2, 0.25) is 0 Å². The van der Waals surface area contributed by atoms with Gasteiger partial charge in [-0.3, -0.25) is 0 Å². The van der Waals surface area contributed by atoms with E-state index in [0.29, 0.717) is 5.75 Å². The molecule has 2 heteroatoms. The molecule has 0 bridgehead atoms. The summed E-state index contributed by atoms with van der Waals surface area (Å²) in [5.74, 6) is 0.306. The van der Waals surface area contributed by atoms with Crippen LogP contribution in [0.1, 0.15) is 0 Å². The summed E-state index contributed by atoms with van der Waals surface area (Å²) in [5, 5.41) is 14.1. The molecule has 16 heavy (non-hydrogen) atoms. The highest BCUT2D eigenvalue weighted by atomic mass is 79.9. The van der Waals surface area contributed by atoms with Gasteiger partial charge in [0.2, 0.25) is 0 Å². The minimum Gasteiger partial charge on any atom is -0.508 e. The van der Waals surface area contributed by atoms with Crippen molar-refractivity contribution in [3.63, 3.8) is 0 Å². The average molecular weight is 273 g/mol. The maximum absolute atomic E-state index is 9.55. The van der Waals surface area contributed by atoms with Gasteiger partial charge in [0.05, 0.1) is 0 Å². The van der Waals surface area contributed by atoms with Crippen LogP contribution in [0.25, 0.3) is 21.5 Å². The van der Waals surface area contributed by atoms with Crippen LogP contribution in [-0.2, 0) is 0 Å². The summed E-state index contributed by atoms with van der Waals surface area (Å²) in [5.41, 5.74) is 0. The van der Waals surface area contributed by atoms with Gasteiger partial charge in [-0.05, 0) is 39.7 Å². The second-order valence-electron chi connectivity index (χ2n) is 3.81. The minimum atomic E-state index is 0.306. The van der Waals surface area contributed by atoms with Crippen molar-refractivity contribution in [2.24, 2.45) is 0 Å². The number of aromatic hydroxyl groups is 1. The summed E-state index contributed by atoms with van der Waals surface area (Å²) in [6, 6.07) is 15.7. The maximum atomic E-state index is 9.55. The standard InChI is InChI=1S/C14H9BrO/c15-14-7-9-5-6-10(16)8-13(9)11-3-1-2-4-12(11)14/h1-8,16H. The molecular formula is C14H9BrO. The molecule has 0 aliphatic rings. The Bertz CT molecular complexity index is 689. The van der Waals surface area contributed by atoms with E-state index in [1.807, 2.05) is 24.3 Å². The Kier molecular flexibility index (Phi) is 2.11. The van der Waals surface area contributed by atoms with Gasteiger partial charge in [0.1, 0.15) is 5.75 Å². The number of hydrogen-bond acceptors (Lipinski definition) is 1. The lowest BCUT2D eigenvalue weighted by Crippen LogP contribution is -1.79. The van der Waals surface area contributed by atoms with Crippen molar-refractivity contribution in [1.82, 2.24) is 0 Å². The second-order valence-corrected chi connectivity index (χ2v) is 4.66. The van der Waals surface area contributed by atoms with Gasteiger partial charge in [-0.25, -0.2) is 0 Å². The molecular weight excluding hydrogens is 264 g/mol. The van der Waals surface area contributed by atoms with Gasteiger partial charge >= 0.3 is 0 Å². The first-order chi connectivity index (χ1) is 7.75. The van der Waals surface area contributed by atoms with Crippen LogP contribution in [0.4, 0.5) is 0 Å². The van der Waals surface area contributed by atoms with Crippen LogP contribution >= 0.6 is 15.9 Å². The normalized spacial score (nSPS) is 11.1. The average Bonchev–Trinajstić information content (AvgIpc) is 2.31. The fourth-order valence-corrected chi connectivity index (χ4v) is 2.64. The van der Waals surface area contributed by atoms with E-state index in [0.717, 1.165) is 20.6 Å². The predicted molar refractivity (Wildman–Crippen MR) is 70.8 cm³/mol. The fourth-order valence-electron chi connectivity index (χ4n) is 2.04. The van der Waals surface area contributed by atoms with Crippen molar-refractivity contribution < 1.29 is 5.11 Å². The molecule has 0 amide bonds. The molecule has 0 aromatic heterocycles. The van der Waals surface area contributed by atoms with E-state index in [4.69, 9.17) is 0 Å². The lowest BCUT2D eigenvalue weighted by molar-refractivity contribution is 0.476. The molecule has 1 nitrogen and oxygen atoms in total. The summed E-state index contributed by atoms with van der Waals surface area (Å²) in [4.78, 5) is 0. The molecule has 1 N–H and O–H groups in total. The van der Waals surface area contributed by atoms with E-state index in [2.05, 4.69) is 34.1 Å². The molecule has 3 aromatic carbocycles. The predicted octanol–water partition coefficient (Wildman–Crippen LogP) is 4.46. The molecule has 3 rings (SSSR count). The first kappa shape index (κ1) is 9.67. The zero-order valence-corrected chi connectivity index (χ0v) is 10.0. The monoisotopic (exact) mass is 272 g/mol. The molecule has 0 aliphatic heterocycles. The van der Waals surface area contributed by atoms with Crippen LogP contribution in [-0.4, -0.2) is 5.11 Å². The minimum absolute atomic E-state index is 0.306. The largest absolute Gasteiger partial charge is 0.508 e. The van der Waals surface area contributed by atoms with Crippen molar-refractivity contribution in [2.75, 3.05) is 0 Å². The third kappa shape index (κ3) is 1.38. The number of rotatable bonds is 0. The van der Waals surface area contributed by atoms with Crippen molar-refractivity contribution in [3.05, 3.63) is 53.0 Å². The first-order valence-electron chi connectivity index (χ1n) is 5.06. The lowest BCUT2D eigenvalue weighted by atomic mass is 10.0. The molecule has 0 saturated carbocycles. The van der Waals surface area contributed by atoms with Crippen molar-refractivity contribution in [1.29, 1.82) is 0 Å². The molecule has 0 heterocycles. The summed E-state index contributed by atoms with van der Waals surface area (Å²) in [7, 11) is 0. The van der Waals surface area contributed by atoms with E-state index in [9.17, 15) is 5.11 Å². The molecule has 0 unspecified atom stereocenters. The van der Waals surface area contributed by atoms with Crippen LogP contribution < -0.4 is 0 Å². The number of fused-ring (bicyclic) bond motifs is 3. The van der Waals surface area contributed by atoms with Gasteiger partial charge in [-0.2, -0.15) is 0 Å². The molecule has 0 fully saturated rings. The second kappa shape index (κ2) is 3.49. The molecule has 0 radical (unpaired) electrons. The number of phenolic OH excluding ortho intramolecular Hbond substituents is 1. The highest BCUT2D eigenvalue weighted by molar-refractivity contribution is 9.10. The fraction of sp³-hybridized carbons (Fsp3) is 0. The van der Waals surface area contributed by atoms with E-state index in [-0.39, 0.29) is 0 Å². The molecule has 78 valence electrons. The summed E-state index contributed by atoms with van der Waals surface area (Å²) in [6.45, 7) is 0. The molecule has 0 atom stereocenters. The Morgan fingerprint density at radius 3 is 2.38 bits per heavy atom. The third-order valence-corrected chi connectivity index (χ3v) is 3.45. The summed E-state index contributed by atoms with van der Waals surface area (Å²) < 4.78 is 1.08. The topological polar surface area (TPSA) is 20.2 Å². The van der Waals surface area contributed by atoms with E-state index in [1.165, 1.54) is 5.39 Å². The van der Waals surface area contributed by atoms with Crippen LogP contribution in [0.3, 0.4) is 0 Å². The van der Waals surface area contributed by atoms with E-state index < -0.39 is 0 Å². The van der Waals surface area contributed by atoms with Gasteiger partial charge in [0.25, 0.3) is 0 Å². The maximum Gasteiger partial charge on any atom is 0.116 e. The first-order valence-corrected chi connectivity index (χ1v) is 5.85. The molecule has 0 saturated heterocycles. The van der Waals surface area contributed by atoms with Crippen molar-refractivity contribution in [2.45, 2.75) is 0 Å². The smallest absolute Gasteiger partial charge is 0.116 e. The Morgan fingerprint density at radius 2 is 1.56 bits per heavy atom. The van der Waals surface area contributed by atoms with Crippen molar-refractivity contribution >= 4 is 37.5 Å². The van der Waals surface area contributed by atoms with E-state index >= 15 is 0 Å². The third-order valence-electron chi connectivity index (χ3n) is 2.79. The Hall–Kier alpha value is -1.54. The van der Waals surface area contributed by atoms with Gasteiger partial charge < -0.3 is 5.11 Å².